The van der Waals surface area contributed by atoms with Crippen molar-refractivity contribution >= 4 is 5.97 Å². The van der Waals surface area contributed by atoms with Crippen LogP contribution in [0, 0.1) is 6.92 Å². The SMILES string of the molecule is Cc1cc(COO)c(O)c(Cc2cc(C(=O)O)c(O)c(C(C)(C)C)c2)c1. The number of aryl methyl sites for hydroxylation is 1. The van der Waals surface area contributed by atoms with Crippen LogP contribution in [-0.4, -0.2) is 26.5 Å². The molecule has 0 aliphatic carbocycles. The summed E-state index contributed by atoms with van der Waals surface area (Å²) in [6, 6.07) is 6.66. The topological polar surface area (TPSA) is 107 Å². The second kappa shape index (κ2) is 7.35. The Morgan fingerprint density at radius 1 is 1.04 bits per heavy atom. The number of aromatic hydroxyl groups is 2. The first kappa shape index (κ1) is 19.8. The fraction of sp³-hybridized carbons (Fsp3) is 0.350. The standard InChI is InChI=1S/C20H24O6/c1-11-5-13(17(21)14(6-11)10-26-25)7-12-8-15(19(23)24)18(22)16(9-12)20(2,3)4/h5-6,8-9,21-22,25H,7,10H2,1-4H3,(H,23,24). The van der Waals surface area contributed by atoms with Gasteiger partial charge in [-0.2, -0.15) is 0 Å². The van der Waals surface area contributed by atoms with Gasteiger partial charge in [-0.3, -0.25) is 5.26 Å². The third kappa shape index (κ3) is 4.15. The molecule has 0 fully saturated rings. The molecule has 0 aliphatic heterocycles. The fourth-order valence-electron chi connectivity index (χ4n) is 3.00. The molecule has 2 aromatic rings. The van der Waals surface area contributed by atoms with Crippen molar-refractivity contribution in [3.05, 3.63) is 57.6 Å². The molecule has 0 bridgehead atoms. The smallest absolute Gasteiger partial charge is 0.339 e. The van der Waals surface area contributed by atoms with Crippen molar-refractivity contribution in [2.24, 2.45) is 0 Å². The zero-order valence-corrected chi connectivity index (χ0v) is 15.3. The van der Waals surface area contributed by atoms with E-state index in [1.54, 1.807) is 18.2 Å². The van der Waals surface area contributed by atoms with Gasteiger partial charge in [0.1, 0.15) is 23.7 Å². The van der Waals surface area contributed by atoms with Gasteiger partial charge in [0.15, 0.2) is 0 Å². The van der Waals surface area contributed by atoms with Gasteiger partial charge in [-0.05, 0) is 35.6 Å². The van der Waals surface area contributed by atoms with Crippen LogP contribution in [-0.2, 0) is 23.3 Å². The van der Waals surface area contributed by atoms with E-state index in [9.17, 15) is 20.1 Å². The minimum Gasteiger partial charge on any atom is -0.507 e. The van der Waals surface area contributed by atoms with Crippen molar-refractivity contribution in [3.8, 4) is 11.5 Å². The number of benzene rings is 2. The molecule has 4 N–H and O–H groups in total. The molecule has 2 aromatic carbocycles. The number of aromatic carboxylic acids is 1. The first-order chi connectivity index (χ1) is 12.0. The van der Waals surface area contributed by atoms with E-state index in [1.807, 2.05) is 27.7 Å². The molecule has 2 rings (SSSR count). The summed E-state index contributed by atoms with van der Waals surface area (Å²) in [5.74, 6) is -1.46. The Morgan fingerprint density at radius 2 is 1.65 bits per heavy atom. The van der Waals surface area contributed by atoms with Crippen LogP contribution in [0.3, 0.4) is 0 Å². The molecule has 0 spiro atoms. The first-order valence-corrected chi connectivity index (χ1v) is 8.22. The maximum atomic E-state index is 11.5. The van der Waals surface area contributed by atoms with Crippen molar-refractivity contribution in [3.63, 3.8) is 0 Å². The third-order valence-corrected chi connectivity index (χ3v) is 4.23. The lowest BCUT2D eigenvalue weighted by atomic mass is 9.83. The van der Waals surface area contributed by atoms with E-state index in [0.29, 0.717) is 22.3 Å². The molecule has 0 radical (unpaired) electrons. The summed E-state index contributed by atoms with van der Waals surface area (Å²) >= 11 is 0. The summed E-state index contributed by atoms with van der Waals surface area (Å²) in [6.07, 6.45) is 0.273. The van der Waals surface area contributed by atoms with E-state index in [1.165, 1.54) is 6.07 Å². The molecular weight excluding hydrogens is 336 g/mol. The molecule has 26 heavy (non-hydrogen) atoms. The van der Waals surface area contributed by atoms with Crippen molar-refractivity contribution in [2.45, 2.75) is 46.1 Å². The highest BCUT2D eigenvalue weighted by Gasteiger charge is 2.24. The van der Waals surface area contributed by atoms with Crippen LogP contribution in [0.1, 0.15) is 58.9 Å². The number of hydrogen-bond donors (Lipinski definition) is 4. The molecule has 6 nitrogen and oxygen atoms in total. The van der Waals surface area contributed by atoms with Crippen LogP contribution in [0.25, 0.3) is 0 Å². The lowest BCUT2D eigenvalue weighted by Crippen LogP contribution is -2.14. The summed E-state index contributed by atoms with van der Waals surface area (Å²) in [5.41, 5.74) is 2.46. The molecule has 0 saturated heterocycles. The van der Waals surface area contributed by atoms with Gasteiger partial charge in [-0.1, -0.05) is 38.5 Å². The van der Waals surface area contributed by atoms with E-state index < -0.39 is 11.4 Å². The van der Waals surface area contributed by atoms with Crippen molar-refractivity contribution in [2.75, 3.05) is 0 Å². The Hall–Kier alpha value is -2.57. The van der Waals surface area contributed by atoms with E-state index >= 15 is 0 Å². The summed E-state index contributed by atoms with van der Waals surface area (Å²) in [7, 11) is 0. The highest BCUT2D eigenvalue weighted by Crippen LogP contribution is 2.36. The Labute approximate surface area is 152 Å². The molecule has 140 valence electrons. The Morgan fingerprint density at radius 3 is 2.19 bits per heavy atom. The van der Waals surface area contributed by atoms with Gasteiger partial charge < -0.3 is 15.3 Å². The predicted octanol–water partition coefficient (Wildman–Crippen LogP) is 3.98. The Bertz CT molecular complexity index is 833. The van der Waals surface area contributed by atoms with Crippen LogP contribution in [0.5, 0.6) is 11.5 Å². The van der Waals surface area contributed by atoms with Crippen LogP contribution >= 0.6 is 0 Å². The number of carbonyl (C=O) groups is 1. The van der Waals surface area contributed by atoms with Crippen LogP contribution < -0.4 is 0 Å². The molecule has 0 aromatic heterocycles. The Balaban J connectivity index is 2.57. The fourth-order valence-corrected chi connectivity index (χ4v) is 3.00. The lowest BCUT2D eigenvalue weighted by molar-refractivity contribution is -0.253. The molecule has 0 aliphatic rings. The van der Waals surface area contributed by atoms with E-state index in [2.05, 4.69) is 4.89 Å². The molecule has 0 unspecified atom stereocenters. The zero-order valence-electron chi connectivity index (χ0n) is 15.3. The van der Waals surface area contributed by atoms with Gasteiger partial charge in [0.2, 0.25) is 0 Å². The summed E-state index contributed by atoms with van der Waals surface area (Å²) in [5, 5.41) is 38.8. The van der Waals surface area contributed by atoms with Gasteiger partial charge in [-0.15, -0.1) is 0 Å². The number of hydrogen-bond acceptors (Lipinski definition) is 5. The first-order valence-electron chi connectivity index (χ1n) is 8.22. The van der Waals surface area contributed by atoms with Gasteiger partial charge >= 0.3 is 5.97 Å². The molecule has 6 heteroatoms. The van der Waals surface area contributed by atoms with E-state index in [4.69, 9.17) is 5.26 Å². The summed E-state index contributed by atoms with van der Waals surface area (Å²) in [6.45, 7) is 7.36. The van der Waals surface area contributed by atoms with E-state index in [-0.39, 0.29) is 30.1 Å². The van der Waals surface area contributed by atoms with Crippen LogP contribution in [0.4, 0.5) is 0 Å². The second-order valence-corrected chi connectivity index (χ2v) is 7.48. The molecular formula is C20H24O6. The quantitative estimate of drug-likeness (QED) is 0.474. The average Bonchev–Trinajstić information content (AvgIpc) is 2.52. The van der Waals surface area contributed by atoms with Gasteiger partial charge in [-0.25, -0.2) is 9.68 Å². The van der Waals surface area contributed by atoms with Gasteiger partial charge in [0.05, 0.1) is 0 Å². The third-order valence-electron chi connectivity index (χ3n) is 4.23. The summed E-state index contributed by atoms with van der Waals surface area (Å²) in [4.78, 5) is 15.6. The Kier molecular flexibility index (Phi) is 5.59. The lowest BCUT2D eigenvalue weighted by Gasteiger charge is -2.23. The second-order valence-electron chi connectivity index (χ2n) is 7.48. The maximum absolute atomic E-state index is 11.5. The van der Waals surface area contributed by atoms with Gasteiger partial charge in [0, 0.05) is 17.5 Å². The number of carboxylic acid groups (broad SMARTS) is 1. The molecule has 0 atom stereocenters. The largest absolute Gasteiger partial charge is 0.507 e. The normalized spacial score (nSPS) is 11.6. The number of phenols is 2. The number of phenolic OH excluding ortho intramolecular Hbond substituents is 1. The molecule has 0 saturated carbocycles. The number of rotatable bonds is 5. The maximum Gasteiger partial charge on any atom is 0.339 e. The highest BCUT2D eigenvalue weighted by atomic mass is 17.1. The molecule has 0 amide bonds. The van der Waals surface area contributed by atoms with Gasteiger partial charge in [0.25, 0.3) is 0 Å². The highest BCUT2D eigenvalue weighted by molar-refractivity contribution is 5.91. The van der Waals surface area contributed by atoms with E-state index in [0.717, 1.165) is 5.56 Å². The van der Waals surface area contributed by atoms with Crippen molar-refractivity contribution in [1.29, 1.82) is 0 Å². The molecule has 0 heterocycles. The van der Waals surface area contributed by atoms with Crippen molar-refractivity contribution in [1.82, 2.24) is 0 Å². The average molecular weight is 360 g/mol. The van der Waals surface area contributed by atoms with Crippen LogP contribution in [0.15, 0.2) is 24.3 Å². The number of carboxylic acids is 1. The monoisotopic (exact) mass is 360 g/mol. The minimum atomic E-state index is -1.21. The van der Waals surface area contributed by atoms with Crippen molar-refractivity contribution < 1.29 is 30.3 Å². The minimum absolute atomic E-state index is 0.00749. The van der Waals surface area contributed by atoms with Crippen LogP contribution in [0.2, 0.25) is 0 Å². The summed E-state index contributed by atoms with van der Waals surface area (Å²) < 4.78 is 0. The zero-order chi connectivity index (χ0) is 19.6. The predicted molar refractivity (Wildman–Crippen MR) is 96.8 cm³/mol.